The number of halogens is 1. The van der Waals surface area contributed by atoms with Crippen molar-refractivity contribution in [3.8, 4) is 0 Å². The monoisotopic (exact) mass is 351 g/mol. The average molecular weight is 352 g/mol. The molecule has 0 fully saturated rings. The second-order valence-electron chi connectivity index (χ2n) is 5.40. The Balaban J connectivity index is 2.25. The minimum Gasteiger partial charge on any atom is -0.481 e. The highest BCUT2D eigenvalue weighted by Gasteiger charge is 2.23. The lowest BCUT2D eigenvalue weighted by atomic mass is 9.95. The van der Waals surface area contributed by atoms with Crippen LogP contribution in [-0.4, -0.2) is 25.8 Å². The van der Waals surface area contributed by atoms with Crippen molar-refractivity contribution in [1.29, 1.82) is 0 Å². The minimum absolute atomic E-state index is 0.332. The van der Waals surface area contributed by atoms with Gasteiger partial charge in [-0.15, -0.1) is 0 Å². The zero-order valence-electron chi connectivity index (χ0n) is 12.0. The third kappa shape index (κ3) is 4.14. The number of nitrogens with zero attached hydrogens (tertiary/aromatic N) is 3. The van der Waals surface area contributed by atoms with Gasteiger partial charge in [-0.25, -0.2) is 9.67 Å². The number of hydrogen-bond acceptors (Lipinski definition) is 3. The van der Waals surface area contributed by atoms with Crippen LogP contribution in [0.3, 0.4) is 0 Å². The molecule has 0 aliphatic rings. The van der Waals surface area contributed by atoms with Crippen LogP contribution in [0.2, 0.25) is 0 Å². The zero-order valence-corrected chi connectivity index (χ0v) is 13.6. The maximum Gasteiger partial charge on any atom is 0.311 e. The zero-order chi connectivity index (χ0) is 15.4. The van der Waals surface area contributed by atoms with E-state index in [-0.39, 0.29) is 0 Å². The summed E-state index contributed by atoms with van der Waals surface area (Å²) in [4.78, 5) is 15.8. The molecule has 1 unspecified atom stereocenters. The number of benzene rings is 1. The second-order valence-corrected chi connectivity index (χ2v) is 6.32. The van der Waals surface area contributed by atoms with Crippen LogP contribution in [0.5, 0.6) is 0 Å². The van der Waals surface area contributed by atoms with Gasteiger partial charge in [0.25, 0.3) is 0 Å². The molecule has 0 aliphatic heterocycles. The summed E-state index contributed by atoms with van der Waals surface area (Å²) in [5.74, 6) is -0.347. The maximum atomic E-state index is 11.6. The van der Waals surface area contributed by atoms with Gasteiger partial charge in [0.1, 0.15) is 12.2 Å². The summed E-state index contributed by atoms with van der Waals surface area (Å²) in [6.45, 7) is 4.92. The number of aliphatic carboxylic acids is 1. The molecule has 0 radical (unpaired) electrons. The molecule has 0 saturated carbocycles. The summed E-state index contributed by atoms with van der Waals surface area (Å²) in [5, 5.41) is 13.7. The summed E-state index contributed by atoms with van der Waals surface area (Å²) in [6.07, 6.45) is 1.82. The van der Waals surface area contributed by atoms with Crippen LogP contribution in [0.1, 0.15) is 31.2 Å². The van der Waals surface area contributed by atoms with Gasteiger partial charge >= 0.3 is 5.97 Å². The van der Waals surface area contributed by atoms with Gasteiger partial charge in [0.15, 0.2) is 0 Å². The molecular formula is C15H18BrN3O2. The van der Waals surface area contributed by atoms with Crippen molar-refractivity contribution in [2.45, 2.75) is 32.7 Å². The van der Waals surface area contributed by atoms with E-state index in [1.54, 1.807) is 4.68 Å². The first kappa shape index (κ1) is 15.7. The Morgan fingerprint density at radius 3 is 2.81 bits per heavy atom. The van der Waals surface area contributed by atoms with Crippen molar-refractivity contribution in [3.63, 3.8) is 0 Å². The van der Waals surface area contributed by atoms with E-state index in [1.165, 1.54) is 6.33 Å². The fourth-order valence-corrected chi connectivity index (χ4v) is 2.62. The molecule has 21 heavy (non-hydrogen) atoms. The Labute approximate surface area is 132 Å². The van der Waals surface area contributed by atoms with Crippen molar-refractivity contribution in [1.82, 2.24) is 14.8 Å². The first-order valence-corrected chi connectivity index (χ1v) is 7.61. The molecule has 1 aromatic heterocycles. The van der Waals surface area contributed by atoms with Gasteiger partial charge < -0.3 is 5.11 Å². The highest BCUT2D eigenvalue weighted by molar-refractivity contribution is 9.10. The number of aromatic nitrogens is 3. The van der Waals surface area contributed by atoms with E-state index >= 15 is 0 Å². The molecule has 2 aromatic rings. The van der Waals surface area contributed by atoms with Crippen LogP contribution < -0.4 is 0 Å². The molecule has 0 bridgehead atoms. The van der Waals surface area contributed by atoms with Crippen LogP contribution in [0.25, 0.3) is 0 Å². The Bertz CT molecular complexity index is 625. The van der Waals surface area contributed by atoms with Crippen molar-refractivity contribution >= 4 is 21.9 Å². The van der Waals surface area contributed by atoms with Crippen molar-refractivity contribution in [2.24, 2.45) is 5.92 Å². The van der Waals surface area contributed by atoms with Gasteiger partial charge in [-0.05, 0) is 23.6 Å². The molecule has 5 nitrogen and oxygen atoms in total. The highest BCUT2D eigenvalue weighted by Crippen LogP contribution is 2.23. The van der Waals surface area contributed by atoms with E-state index in [1.807, 2.05) is 24.3 Å². The van der Waals surface area contributed by atoms with Crippen molar-refractivity contribution in [3.05, 3.63) is 46.5 Å². The molecule has 0 saturated heterocycles. The number of hydrogen-bond donors (Lipinski definition) is 1. The molecule has 6 heteroatoms. The standard InChI is InChI=1S/C15H18BrN3O2/c1-10(2)8-19-14(17-9-18-19)7-13(15(20)21)11-4-3-5-12(16)6-11/h3-6,9-10,13H,7-8H2,1-2H3,(H,20,21). The lowest BCUT2D eigenvalue weighted by Crippen LogP contribution is -2.18. The molecule has 112 valence electrons. The Morgan fingerprint density at radius 1 is 1.43 bits per heavy atom. The Kier molecular flexibility index (Phi) is 5.12. The highest BCUT2D eigenvalue weighted by atomic mass is 79.9. The van der Waals surface area contributed by atoms with E-state index < -0.39 is 11.9 Å². The number of carbonyl (C=O) groups is 1. The maximum absolute atomic E-state index is 11.6. The number of rotatable bonds is 6. The summed E-state index contributed by atoms with van der Waals surface area (Å²) in [6, 6.07) is 7.38. The summed E-state index contributed by atoms with van der Waals surface area (Å²) in [7, 11) is 0. The van der Waals surface area contributed by atoms with Gasteiger partial charge in [0, 0.05) is 17.4 Å². The molecule has 1 N–H and O–H groups in total. The third-order valence-corrected chi connectivity index (χ3v) is 3.66. The average Bonchev–Trinajstić information content (AvgIpc) is 2.82. The molecule has 1 aromatic carbocycles. The molecule has 1 heterocycles. The van der Waals surface area contributed by atoms with Crippen LogP contribution in [0.4, 0.5) is 0 Å². The fraction of sp³-hybridized carbons (Fsp3) is 0.400. The third-order valence-electron chi connectivity index (χ3n) is 3.17. The Morgan fingerprint density at radius 2 is 2.19 bits per heavy atom. The summed E-state index contributed by atoms with van der Waals surface area (Å²) >= 11 is 3.38. The summed E-state index contributed by atoms with van der Waals surface area (Å²) < 4.78 is 2.66. The van der Waals surface area contributed by atoms with Crippen LogP contribution >= 0.6 is 15.9 Å². The SMILES string of the molecule is CC(C)Cn1ncnc1CC(C(=O)O)c1cccc(Br)c1. The van der Waals surface area contributed by atoms with Gasteiger partial charge in [-0.2, -0.15) is 5.10 Å². The molecule has 0 amide bonds. The fourth-order valence-electron chi connectivity index (χ4n) is 2.20. The molecule has 0 spiro atoms. The second kappa shape index (κ2) is 6.85. The van der Waals surface area contributed by atoms with Gasteiger partial charge in [-0.3, -0.25) is 4.79 Å². The molecule has 2 rings (SSSR count). The molecule has 1 atom stereocenters. The van der Waals surface area contributed by atoms with Crippen LogP contribution in [0.15, 0.2) is 35.1 Å². The van der Waals surface area contributed by atoms with Crippen LogP contribution in [-0.2, 0) is 17.8 Å². The molecule has 0 aliphatic carbocycles. The first-order chi connectivity index (χ1) is 9.97. The van der Waals surface area contributed by atoms with E-state index in [2.05, 4.69) is 39.9 Å². The van der Waals surface area contributed by atoms with Crippen LogP contribution in [0, 0.1) is 5.92 Å². The topological polar surface area (TPSA) is 68.0 Å². The number of carboxylic acids is 1. The lowest BCUT2D eigenvalue weighted by Gasteiger charge is -2.14. The normalized spacial score (nSPS) is 12.6. The number of carboxylic acid groups (broad SMARTS) is 1. The smallest absolute Gasteiger partial charge is 0.311 e. The summed E-state index contributed by atoms with van der Waals surface area (Å²) in [5.41, 5.74) is 0.760. The minimum atomic E-state index is -0.854. The van der Waals surface area contributed by atoms with Crippen molar-refractivity contribution in [2.75, 3.05) is 0 Å². The van der Waals surface area contributed by atoms with E-state index in [4.69, 9.17) is 0 Å². The predicted octanol–water partition coefficient (Wildman–Crippen LogP) is 3.11. The van der Waals surface area contributed by atoms with Crippen molar-refractivity contribution < 1.29 is 9.90 Å². The van der Waals surface area contributed by atoms with Gasteiger partial charge in [0.05, 0.1) is 5.92 Å². The van der Waals surface area contributed by atoms with E-state index in [9.17, 15) is 9.90 Å². The van der Waals surface area contributed by atoms with Gasteiger partial charge in [0.2, 0.25) is 0 Å². The van der Waals surface area contributed by atoms with E-state index in [0.29, 0.717) is 18.2 Å². The predicted molar refractivity (Wildman–Crippen MR) is 83.1 cm³/mol. The largest absolute Gasteiger partial charge is 0.481 e. The quantitative estimate of drug-likeness (QED) is 0.867. The Hall–Kier alpha value is -1.69. The molecular weight excluding hydrogens is 334 g/mol. The first-order valence-electron chi connectivity index (χ1n) is 6.82. The lowest BCUT2D eigenvalue weighted by molar-refractivity contribution is -0.138. The van der Waals surface area contributed by atoms with Gasteiger partial charge in [-0.1, -0.05) is 41.9 Å². The van der Waals surface area contributed by atoms with E-state index in [0.717, 1.165) is 16.6 Å².